The molecule has 3 nitrogen and oxygen atoms in total. The molecule has 0 unspecified atom stereocenters. The number of ketones is 2. The molecule has 5 heteroatoms. The molecular formula is C14H9F2NO2. The average molecular weight is 261 g/mol. The number of Topliss-reactive ketones (excluding diaryl/α,β-unsaturated/α-hetero) is 2. The van der Waals surface area contributed by atoms with E-state index in [1.165, 1.54) is 24.5 Å². The van der Waals surface area contributed by atoms with Gasteiger partial charge in [0.05, 0.1) is 6.42 Å². The van der Waals surface area contributed by atoms with Crippen molar-refractivity contribution in [3.8, 4) is 0 Å². The lowest BCUT2D eigenvalue weighted by atomic mass is 10.0. The zero-order chi connectivity index (χ0) is 13.8. The molecule has 2 rings (SSSR count). The Balaban J connectivity index is 2.15. The first-order valence-electron chi connectivity index (χ1n) is 5.49. The van der Waals surface area contributed by atoms with Crippen molar-refractivity contribution in [3.63, 3.8) is 0 Å². The lowest BCUT2D eigenvalue weighted by molar-refractivity contribution is 0.0893. The molecule has 0 fully saturated rings. The van der Waals surface area contributed by atoms with E-state index in [4.69, 9.17) is 0 Å². The van der Waals surface area contributed by atoms with Crippen molar-refractivity contribution in [2.45, 2.75) is 6.42 Å². The van der Waals surface area contributed by atoms with Crippen LogP contribution in [0.3, 0.4) is 0 Å². The molecule has 0 saturated heterocycles. The standard InChI is InChI=1S/C14H9F2NO2/c15-11-5-10(6-12(16)7-11)14(19)8-13(18)9-1-3-17-4-2-9/h1-7H,8H2. The molecule has 1 aromatic carbocycles. The number of benzene rings is 1. The summed E-state index contributed by atoms with van der Waals surface area (Å²) in [6.07, 6.45) is 2.42. The van der Waals surface area contributed by atoms with Gasteiger partial charge in [-0.2, -0.15) is 0 Å². The van der Waals surface area contributed by atoms with Gasteiger partial charge in [-0.25, -0.2) is 8.78 Å². The van der Waals surface area contributed by atoms with Gasteiger partial charge in [0, 0.05) is 29.6 Å². The van der Waals surface area contributed by atoms with Crippen LogP contribution in [0.4, 0.5) is 8.78 Å². The van der Waals surface area contributed by atoms with Gasteiger partial charge in [-0.1, -0.05) is 0 Å². The monoisotopic (exact) mass is 261 g/mol. The normalized spacial score (nSPS) is 10.2. The smallest absolute Gasteiger partial charge is 0.170 e. The van der Waals surface area contributed by atoms with Gasteiger partial charge in [-0.05, 0) is 24.3 Å². The van der Waals surface area contributed by atoms with Gasteiger partial charge in [0.2, 0.25) is 0 Å². The van der Waals surface area contributed by atoms with E-state index in [1.54, 1.807) is 0 Å². The van der Waals surface area contributed by atoms with Gasteiger partial charge in [-0.15, -0.1) is 0 Å². The zero-order valence-electron chi connectivity index (χ0n) is 9.77. The Morgan fingerprint density at radius 3 is 2.00 bits per heavy atom. The average Bonchev–Trinajstić information content (AvgIpc) is 2.38. The Bertz CT molecular complexity index is 606. The molecule has 0 radical (unpaired) electrons. The first kappa shape index (κ1) is 13.0. The second-order valence-electron chi connectivity index (χ2n) is 3.92. The van der Waals surface area contributed by atoms with Gasteiger partial charge < -0.3 is 0 Å². The van der Waals surface area contributed by atoms with Crippen molar-refractivity contribution < 1.29 is 18.4 Å². The summed E-state index contributed by atoms with van der Waals surface area (Å²) < 4.78 is 25.9. The second-order valence-corrected chi connectivity index (χ2v) is 3.92. The van der Waals surface area contributed by atoms with Crippen LogP contribution < -0.4 is 0 Å². The maximum Gasteiger partial charge on any atom is 0.170 e. The molecule has 0 amide bonds. The number of hydrogen-bond donors (Lipinski definition) is 0. The highest BCUT2D eigenvalue weighted by molar-refractivity contribution is 6.13. The topological polar surface area (TPSA) is 47.0 Å². The van der Waals surface area contributed by atoms with Gasteiger partial charge >= 0.3 is 0 Å². The number of halogens is 2. The maximum absolute atomic E-state index is 13.0. The SMILES string of the molecule is O=C(CC(=O)c1cc(F)cc(F)c1)c1ccncc1. The van der Waals surface area contributed by atoms with E-state index in [0.29, 0.717) is 11.6 Å². The number of carbonyl (C=O) groups excluding carboxylic acids is 2. The summed E-state index contributed by atoms with van der Waals surface area (Å²) in [5.74, 6) is -2.74. The Hall–Kier alpha value is -2.43. The van der Waals surface area contributed by atoms with E-state index in [9.17, 15) is 18.4 Å². The summed E-state index contributed by atoms with van der Waals surface area (Å²) in [4.78, 5) is 27.3. The number of nitrogens with zero attached hydrogens (tertiary/aromatic N) is 1. The Labute approximate surface area is 107 Å². The Morgan fingerprint density at radius 2 is 1.42 bits per heavy atom. The van der Waals surface area contributed by atoms with Crippen molar-refractivity contribution >= 4 is 11.6 Å². The third-order valence-corrected chi connectivity index (χ3v) is 2.51. The van der Waals surface area contributed by atoms with E-state index < -0.39 is 29.6 Å². The van der Waals surface area contributed by atoms with Crippen molar-refractivity contribution in [1.82, 2.24) is 4.98 Å². The van der Waals surface area contributed by atoms with Crippen LogP contribution in [-0.4, -0.2) is 16.6 Å². The third-order valence-electron chi connectivity index (χ3n) is 2.51. The quantitative estimate of drug-likeness (QED) is 0.628. The summed E-state index contributed by atoms with van der Waals surface area (Å²) in [7, 11) is 0. The van der Waals surface area contributed by atoms with E-state index in [0.717, 1.165) is 12.1 Å². The molecule has 0 bridgehead atoms. The largest absolute Gasteiger partial charge is 0.294 e. The van der Waals surface area contributed by atoms with Crippen LogP contribution in [0.25, 0.3) is 0 Å². The van der Waals surface area contributed by atoms with Crippen LogP contribution in [0.2, 0.25) is 0 Å². The van der Waals surface area contributed by atoms with Gasteiger partial charge in [0.1, 0.15) is 11.6 Å². The molecule has 0 saturated carbocycles. The molecule has 19 heavy (non-hydrogen) atoms. The summed E-state index contributed by atoms with van der Waals surface area (Å²) in [5.41, 5.74) is 0.181. The second kappa shape index (κ2) is 5.48. The third kappa shape index (κ3) is 3.28. The highest BCUT2D eigenvalue weighted by Crippen LogP contribution is 2.12. The van der Waals surface area contributed by atoms with Crippen LogP contribution in [0.15, 0.2) is 42.7 Å². The van der Waals surface area contributed by atoms with E-state index in [-0.39, 0.29) is 5.56 Å². The van der Waals surface area contributed by atoms with Gasteiger partial charge in [0.25, 0.3) is 0 Å². The number of carbonyl (C=O) groups is 2. The zero-order valence-corrected chi connectivity index (χ0v) is 9.77. The molecule has 96 valence electrons. The summed E-state index contributed by atoms with van der Waals surface area (Å²) in [6.45, 7) is 0. The van der Waals surface area contributed by atoms with E-state index >= 15 is 0 Å². The molecule has 0 aliphatic carbocycles. The molecular weight excluding hydrogens is 252 g/mol. The van der Waals surface area contributed by atoms with Crippen molar-refractivity contribution in [2.24, 2.45) is 0 Å². The van der Waals surface area contributed by atoms with Crippen LogP contribution in [0, 0.1) is 11.6 Å². The maximum atomic E-state index is 13.0. The van der Waals surface area contributed by atoms with Crippen LogP contribution in [-0.2, 0) is 0 Å². The summed E-state index contributed by atoms with van der Waals surface area (Å²) in [6, 6.07) is 5.43. The van der Waals surface area contributed by atoms with Crippen molar-refractivity contribution in [3.05, 3.63) is 65.5 Å². The fraction of sp³-hybridized carbons (Fsp3) is 0.0714. The molecule has 0 N–H and O–H groups in total. The Morgan fingerprint density at radius 1 is 0.895 bits per heavy atom. The molecule has 0 atom stereocenters. The number of rotatable bonds is 4. The number of hydrogen-bond acceptors (Lipinski definition) is 3. The van der Waals surface area contributed by atoms with Crippen molar-refractivity contribution in [2.75, 3.05) is 0 Å². The minimum Gasteiger partial charge on any atom is -0.294 e. The van der Waals surface area contributed by atoms with Crippen LogP contribution in [0.5, 0.6) is 0 Å². The highest BCUT2D eigenvalue weighted by Gasteiger charge is 2.15. The van der Waals surface area contributed by atoms with Gasteiger partial charge in [-0.3, -0.25) is 14.6 Å². The van der Waals surface area contributed by atoms with Crippen molar-refractivity contribution in [1.29, 1.82) is 0 Å². The number of pyridine rings is 1. The predicted octanol–water partition coefficient (Wildman–Crippen LogP) is 2.82. The molecule has 1 aromatic heterocycles. The first-order chi connectivity index (χ1) is 9.06. The fourth-order valence-corrected chi connectivity index (χ4v) is 1.60. The lowest BCUT2D eigenvalue weighted by Gasteiger charge is -2.02. The molecule has 0 spiro atoms. The minimum atomic E-state index is -0.847. The van der Waals surface area contributed by atoms with E-state index in [2.05, 4.69) is 4.98 Å². The highest BCUT2D eigenvalue weighted by atomic mass is 19.1. The molecule has 0 aliphatic rings. The lowest BCUT2D eigenvalue weighted by Crippen LogP contribution is -2.09. The van der Waals surface area contributed by atoms with E-state index in [1.807, 2.05) is 0 Å². The van der Waals surface area contributed by atoms with Crippen LogP contribution in [0.1, 0.15) is 27.1 Å². The number of aromatic nitrogens is 1. The predicted molar refractivity (Wildman–Crippen MR) is 63.9 cm³/mol. The summed E-state index contributed by atoms with van der Waals surface area (Å²) >= 11 is 0. The summed E-state index contributed by atoms with van der Waals surface area (Å²) in [5, 5.41) is 0. The Kier molecular flexibility index (Phi) is 3.75. The fourth-order valence-electron chi connectivity index (χ4n) is 1.60. The van der Waals surface area contributed by atoms with Gasteiger partial charge in [0.15, 0.2) is 11.6 Å². The molecule has 1 heterocycles. The minimum absolute atomic E-state index is 0.153. The first-order valence-corrected chi connectivity index (χ1v) is 5.49. The van der Waals surface area contributed by atoms with Crippen LogP contribution >= 0.6 is 0 Å². The molecule has 0 aliphatic heterocycles. The molecule has 2 aromatic rings.